The minimum Gasteiger partial charge on any atom is -0.383 e. The summed E-state index contributed by atoms with van der Waals surface area (Å²) in [4.78, 5) is 4.14. The first-order chi connectivity index (χ1) is 9.13. The van der Waals surface area contributed by atoms with Gasteiger partial charge < -0.3 is 11.1 Å². The molecule has 0 aliphatic carbocycles. The van der Waals surface area contributed by atoms with E-state index in [0.29, 0.717) is 5.82 Å². The van der Waals surface area contributed by atoms with Crippen molar-refractivity contribution < 1.29 is 4.39 Å². The van der Waals surface area contributed by atoms with Crippen LogP contribution in [-0.4, -0.2) is 11.5 Å². The molecule has 1 heterocycles. The Hall–Kier alpha value is -1.94. The van der Waals surface area contributed by atoms with E-state index in [-0.39, 0.29) is 11.9 Å². The topological polar surface area (TPSA) is 50.9 Å². The second-order valence-corrected chi connectivity index (χ2v) is 4.47. The Morgan fingerprint density at radius 1 is 1.37 bits per heavy atom. The summed E-state index contributed by atoms with van der Waals surface area (Å²) in [6.45, 7) is 4.75. The van der Waals surface area contributed by atoms with Crippen LogP contribution in [0.25, 0.3) is 0 Å². The SMILES string of the molecule is CCNC(c1cccc(F)c1)c1c(C)ccnc1N. The van der Waals surface area contributed by atoms with Crippen molar-refractivity contribution in [1.82, 2.24) is 10.3 Å². The molecule has 0 saturated carbocycles. The molecular formula is C15H18FN3. The molecule has 19 heavy (non-hydrogen) atoms. The molecule has 2 aromatic rings. The second-order valence-electron chi connectivity index (χ2n) is 4.47. The van der Waals surface area contributed by atoms with E-state index in [9.17, 15) is 4.39 Å². The second kappa shape index (κ2) is 5.80. The highest BCUT2D eigenvalue weighted by molar-refractivity contribution is 5.49. The smallest absolute Gasteiger partial charge is 0.128 e. The first-order valence-corrected chi connectivity index (χ1v) is 6.33. The van der Waals surface area contributed by atoms with Crippen molar-refractivity contribution >= 4 is 5.82 Å². The standard InChI is InChI=1S/C15H18FN3/c1-3-18-14(11-5-4-6-12(16)9-11)13-10(2)7-8-19-15(13)17/h4-9,14,18H,3H2,1-2H3,(H2,17,19). The van der Waals surface area contributed by atoms with Crippen LogP contribution in [0.5, 0.6) is 0 Å². The van der Waals surface area contributed by atoms with Crippen molar-refractivity contribution in [2.24, 2.45) is 0 Å². The summed E-state index contributed by atoms with van der Waals surface area (Å²) in [7, 11) is 0. The van der Waals surface area contributed by atoms with Gasteiger partial charge in [0.05, 0.1) is 6.04 Å². The van der Waals surface area contributed by atoms with Crippen LogP contribution >= 0.6 is 0 Å². The van der Waals surface area contributed by atoms with Gasteiger partial charge in [-0.15, -0.1) is 0 Å². The number of aromatic nitrogens is 1. The molecule has 4 heteroatoms. The van der Waals surface area contributed by atoms with Crippen LogP contribution in [0, 0.1) is 12.7 Å². The van der Waals surface area contributed by atoms with Crippen LogP contribution in [0.15, 0.2) is 36.5 Å². The predicted molar refractivity (Wildman–Crippen MR) is 75.3 cm³/mol. The van der Waals surface area contributed by atoms with Crippen LogP contribution < -0.4 is 11.1 Å². The summed E-state index contributed by atoms with van der Waals surface area (Å²) in [5.74, 6) is 0.232. The quantitative estimate of drug-likeness (QED) is 0.887. The predicted octanol–water partition coefficient (Wildman–Crippen LogP) is 2.81. The average molecular weight is 259 g/mol. The van der Waals surface area contributed by atoms with Gasteiger partial charge in [-0.25, -0.2) is 9.37 Å². The maximum absolute atomic E-state index is 13.4. The zero-order chi connectivity index (χ0) is 13.8. The van der Waals surface area contributed by atoms with Crippen molar-refractivity contribution in [3.8, 4) is 0 Å². The number of hydrogen-bond donors (Lipinski definition) is 2. The van der Waals surface area contributed by atoms with E-state index in [4.69, 9.17) is 5.73 Å². The molecule has 1 aromatic heterocycles. The number of halogens is 1. The Morgan fingerprint density at radius 2 is 2.16 bits per heavy atom. The Balaban J connectivity index is 2.51. The van der Waals surface area contributed by atoms with Crippen molar-refractivity contribution in [3.05, 3.63) is 59.0 Å². The first kappa shape index (κ1) is 13.5. The molecule has 3 nitrogen and oxygen atoms in total. The molecule has 1 atom stereocenters. The molecular weight excluding hydrogens is 241 g/mol. The van der Waals surface area contributed by atoms with Crippen LogP contribution in [0.3, 0.4) is 0 Å². The number of benzene rings is 1. The number of hydrogen-bond acceptors (Lipinski definition) is 3. The number of aryl methyl sites for hydroxylation is 1. The van der Waals surface area contributed by atoms with Crippen molar-refractivity contribution in [1.29, 1.82) is 0 Å². The summed E-state index contributed by atoms with van der Waals surface area (Å²) in [5.41, 5.74) is 8.79. The van der Waals surface area contributed by atoms with Crippen LogP contribution in [0.2, 0.25) is 0 Å². The Labute approximate surface area is 112 Å². The lowest BCUT2D eigenvalue weighted by Crippen LogP contribution is -2.24. The first-order valence-electron chi connectivity index (χ1n) is 6.33. The molecule has 1 unspecified atom stereocenters. The lowest BCUT2D eigenvalue weighted by Gasteiger charge is -2.22. The molecule has 100 valence electrons. The molecule has 3 N–H and O–H groups in total. The largest absolute Gasteiger partial charge is 0.383 e. The number of nitrogen functional groups attached to an aromatic ring is 1. The number of nitrogens with one attached hydrogen (secondary N) is 1. The van der Waals surface area contributed by atoms with E-state index in [0.717, 1.165) is 23.2 Å². The lowest BCUT2D eigenvalue weighted by atomic mass is 9.95. The average Bonchev–Trinajstić information content (AvgIpc) is 2.37. The minimum atomic E-state index is -0.250. The Morgan fingerprint density at radius 3 is 2.79 bits per heavy atom. The fraction of sp³-hybridized carbons (Fsp3) is 0.267. The molecule has 0 fully saturated rings. The number of nitrogens with two attached hydrogens (primary N) is 1. The van der Waals surface area contributed by atoms with Gasteiger partial charge in [-0.2, -0.15) is 0 Å². The third-order valence-corrected chi connectivity index (χ3v) is 3.12. The zero-order valence-electron chi connectivity index (χ0n) is 11.2. The summed E-state index contributed by atoms with van der Waals surface area (Å²) in [6, 6.07) is 8.33. The molecule has 0 aliphatic rings. The van der Waals surface area contributed by atoms with Gasteiger partial charge in [0.1, 0.15) is 11.6 Å². The van der Waals surface area contributed by atoms with Crippen LogP contribution in [0.1, 0.15) is 29.7 Å². The van der Waals surface area contributed by atoms with Gasteiger partial charge in [0, 0.05) is 11.8 Å². The normalized spacial score (nSPS) is 12.4. The van der Waals surface area contributed by atoms with Crippen molar-refractivity contribution in [3.63, 3.8) is 0 Å². The number of rotatable bonds is 4. The highest BCUT2D eigenvalue weighted by atomic mass is 19.1. The van der Waals surface area contributed by atoms with Gasteiger partial charge in [0.15, 0.2) is 0 Å². The molecule has 0 amide bonds. The molecule has 1 aromatic carbocycles. The molecule has 0 radical (unpaired) electrons. The Bertz CT molecular complexity index is 549. The molecule has 0 saturated heterocycles. The highest BCUT2D eigenvalue weighted by Gasteiger charge is 2.18. The molecule has 0 aliphatic heterocycles. The fourth-order valence-corrected chi connectivity index (χ4v) is 2.24. The van der Waals surface area contributed by atoms with Gasteiger partial charge in [0.2, 0.25) is 0 Å². The van der Waals surface area contributed by atoms with Gasteiger partial charge in [-0.05, 0) is 42.8 Å². The zero-order valence-corrected chi connectivity index (χ0v) is 11.2. The van der Waals surface area contributed by atoms with Crippen LogP contribution in [-0.2, 0) is 0 Å². The third kappa shape index (κ3) is 2.90. The molecule has 0 spiro atoms. The van der Waals surface area contributed by atoms with Gasteiger partial charge >= 0.3 is 0 Å². The van der Waals surface area contributed by atoms with E-state index in [1.54, 1.807) is 12.3 Å². The maximum atomic E-state index is 13.4. The summed E-state index contributed by atoms with van der Waals surface area (Å²) < 4.78 is 13.4. The third-order valence-electron chi connectivity index (χ3n) is 3.12. The van der Waals surface area contributed by atoms with E-state index in [2.05, 4.69) is 10.3 Å². The number of nitrogens with zero attached hydrogens (tertiary/aromatic N) is 1. The minimum absolute atomic E-state index is 0.144. The molecule has 0 bridgehead atoms. The monoisotopic (exact) mass is 259 g/mol. The van der Waals surface area contributed by atoms with Gasteiger partial charge in [0.25, 0.3) is 0 Å². The van der Waals surface area contributed by atoms with Crippen molar-refractivity contribution in [2.45, 2.75) is 19.9 Å². The van der Waals surface area contributed by atoms with Crippen LogP contribution in [0.4, 0.5) is 10.2 Å². The maximum Gasteiger partial charge on any atom is 0.128 e. The van der Waals surface area contributed by atoms with E-state index < -0.39 is 0 Å². The van der Waals surface area contributed by atoms with Gasteiger partial charge in [-0.1, -0.05) is 19.1 Å². The summed E-state index contributed by atoms with van der Waals surface area (Å²) in [5, 5.41) is 3.34. The van der Waals surface area contributed by atoms with E-state index in [1.165, 1.54) is 12.1 Å². The van der Waals surface area contributed by atoms with Gasteiger partial charge in [-0.3, -0.25) is 0 Å². The van der Waals surface area contributed by atoms with Crippen molar-refractivity contribution in [2.75, 3.05) is 12.3 Å². The lowest BCUT2D eigenvalue weighted by molar-refractivity contribution is 0.602. The van der Waals surface area contributed by atoms with E-state index in [1.807, 2.05) is 26.0 Å². The van der Waals surface area contributed by atoms with E-state index >= 15 is 0 Å². The fourth-order valence-electron chi connectivity index (χ4n) is 2.24. The summed E-state index contributed by atoms with van der Waals surface area (Å²) >= 11 is 0. The highest BCUT2D eigenvalue weighted by Crippen LogP contribution is 2.28. The molecule has 2 rings (SSSR count). The summed E-state index contributed by atoms with van der Waals surface area (Å²) in [6.07, 6.45) is 1.68. The number of pyridine rings is 1. The Kier molecular flexibility index (Phi) is 4.12. The number of anilines is 1.